The number of rotatable bonds is 7. The molecule has 0 bridgehead atoms. The molecule has 0 unspecified atom stereocenters. The summed E-state index contributed by atoms with van der Waals surface area (Å²) in [5.74, 6) is 0.745. The minimum Gasteiger partial charge on any atom is -0.444 e. The molecular weight excluding hydrogens is 477 g/mol. The summed E-state index contributed by atoms with van der Waals surface area (Å²) in [6.45, 7) is 14.3. The van der Waals surface area contributed by atoms with Gasteiger partial charge in [-0.1, -0.05) is 0 Å². The Kier molecular flexibility index (Phi) is 11.9. The molecule has 0 aliphatic rings. The number of carbonyl (C=O) groups excluding carboxylic acids is 1. The molecule has 1 aromatic heterocycles. The molecule has 0 spiro atoms. The highest BCUT2D eigenvalue weighted by atomic mass is 127. The van der Waals surface area contributed by atoms with Crippen molar-refractivity contribution >= 4 is 47.4 Å². The van der Waals surface area contributed by atoms with Crippen LogP contribution in [0.3, 0.4) is 0 Å². The quantitative estimate of drug-likeness (QED) is 0.334. The summed E-state index contributed by atoms with van der Waals surface area (Å²) in [5, 5.41) is 7.57. The van der Waals surface area contributed by atoms with E-state index in [0.717, 1.165) is 29.6 Å². The Hall–Kier alpha value is -1.10. The number of nitrogens with zero attached hydrogens (tertiary/aromatic N) is 3. The predicted molar refractivity (Wildman–Crippen MR) is 124 cm³/mol. The van der Waals surface area contributed by atoms with Crippen LogP contribution in [0, 0.1) is 13.8 Å². The van der Waals surface area contributed by atoms with Crippen LogP contribution in [0.15, 0.2) is 4.99 Å². The summed E-state index contributed by atoms with van der Waals surface area (Å²) in [5.41, 5.74) is 0.617. The lowest BCUT2D eigenvalue weighted by molar-refractivity contribution is 0.0302. The Morgan fingerprint density at radius 3 is 2.48 bits per heavy atom. The first kappa shape index (κ1) is 25.9. The third kappa shape index (κ3) is 10.7. The average molecular weight is 511 g/mol. The maximum absolute atomic E-state index is 11.9. The molecule has 2 N–H and O–H groups in total. The SMILES string of the molecule is CCNC(=NCCc1nc(C)c(C)s1)NCCN(C)C(=O)OC(C)(C)C.I. The number of carbonyl (C=O) groups is 1. The van der Waals surface area contributed by atoms with Crippen molar-refractivity contribution in [3.8, 4) is 0 Å². The molecule has 1 amide bonds. The normalized spacial score (nSPS) is 11.6. The number of nitrogens with one attached hydrogen (secondary N) is 2. The van der Waals surface area contributed by atoms with Crippen molar-refractivity contribution < 1.29 is 9.53 Å². The van der Waals surface area contributed by atoms with Crippen molar-refractivity contribution in [3.63, 3.8) is 0 Å². The van der Waals surface area contributed by atoms with E-state index in [-0.39, 0.29) is 30.1 Å². The second-order valence-corrected chi connectivity index (χ2v) is 8.38. The summed E-state index contributed by atoms with van der Waals surface area (Å²) in [4.78, 5) is 23.9. The fraction of sp³-hybridized carbons (Fsp3) is 0.722. The van der Waals surface area contributed by atoms with Crippen molar-refractivity contribution in [1.29, 1.82) is 0 Å². The number of hydrogen-bond donors (Lipinski definition) is 2. The van der Waals surface area contributed by atoms with Crippen molar-refractivity contribution in [2.75, 3.05) is 33.2 Å². The van der Waals surface area contributed by atoms with Gasteiger partial charge in [0.2, 0.25) is 0 Å². The van der Waals surface area contributed by atoms with Crippen LogP contribution in [0.1, 0.15) is 43.3 Å². The van der Waals surface area contributed by atoms with Gasteiger partial charge in [-0.25, -0.2) is 9.78 Å². The van der Waals surface area contributed by atoms with E-state index in [1.54, 1.807) is 23.3 Å². The molecule has 0 aliphatic heterocycles. The molecule has 0 atom stereocenters. The highest BCUT2D eigenvalue weighted by Crippen LogP contribution is 2.16. The van der Waals surface area contributed by atoms with Crippen molar-refractivity contribution in [2.45, 2.75) is 53.6 Å². The molecule has 156 valence electrons. The third-order valence-corrected chi connectivity index (χ3v) is 4.59. The van der Waals surface area contributed by atoms with Crippen LogP contribution < -0.4 is 10.6 Å². The number of aromatic nitrogens is 1. The number of likely N-dealkylation sites (N-methyl/N-ethyl adjacent to an activating group) is 1. The number of aryl methyl sites for hydroxylation is 2. The number of thiazole rings is 1. The van der Waals surface area contributed by atoms with Gasteiger partial charge in [0, 0.05) is 44.5 Å². The Bertz CT molecular complexity index is 594. The summed E-state index contributed by atoms with van der Waals surface area (Å²) in [6, 6.07) is 0. The predicted octanol–water partition coefficient (Wildman–Crippen LogP) is 3.34. The lowest BCUT2D eigenvalue weighted by Crippen LogP contribution is -2.43. The van der Waals surface area contributed by atoms with Gasteiger partial charge in [-0.15, -0.1) is 35.3 Å². The Morgan fingerprint density at radius 2 is 1.96 bits per heavy atom. The van der Waals surface area contributed by atoms with Gasteiger partial charge in [0.25, 0.3) is 0 Å². The topological polar surface area (TPSA) is 78.9 Å². The second-order valence-electron chi connectivity index (χ2n) is 7.09. The second kappa shape index (κ2) is 12.4. The van der Waals surface area contributed by atoms with Crippen LogP contribution in [0.4, 0.5) is 4.79 Å². The van der Waals surface area contributed by atoms with Crippen molar-refractivity contribution in [2.24, 2.45) is 4.99 Å². The van der Waals surface area contributed by atoms with E-state index >= 15 is 0 Å². The van der Waals surface area contributed by atoms with Gasteiger partial charge in [-0.05, 0) is 41.5 Å². The van der Waals surface area contributed by atoms with E-state index in [1.165, 1.54) is 4.88 Å². The Labute approximate surface area is 184 Å². The minimum atomic E-state index is -0.484. The highest BCUT2D eigenvalue weighted by Gasteiger charge is 2.19. The van der Waals surface area contributed by atoms with Gasteiger partial charge < -0.3 is 20.3 Å². The third-order valence-electron chi connectivity index (χ3n) is 3.46. The van der Waals surface area contributed by atoms with Gasteiger partial charge in [0.15, 0.2) is 5.96 Å². The van der Waals surface area contributed by atoms with Crippen molar-refractivity contribution in [1.82, 2.24) is 20.5 Å². The standard InChI is InChI=1S/C18H33N5O2S.HI/c1-8-19-16(20-10-9-15-22-13(2)14(3)26-15)21-11-12-23(7)17(24)25-18(4,5)6;/h8-12H2,1-7H3,(H2,19,20,21);1H. The number of aliphatic imine (C=N–C) groups is 1. The van der Waals surface area contributed by atoms with E-state index in [1.807, 2.05) is 34.6 Å². The molecule has 0 aromatic carbocycles. The molecule has 0 saturated heterocycles. The Balaban J connectivity index is 0.00000676. The zero-order chi connectivity index (χ0) is 19.7. The largest absolute Gasteiger partial charge is 0.444 e. The van der Waals surface area contributed by atoms with Gasteiger partial charge in [0.1, 0.15) is 5.60 Å². The van der Waals surface area contributed by atoms with Crippen LogP contribution >= 0.6 is 35.3 Å². The fourth-order valence-electron chi connectivity index (χ4n) is 2.02. The number of hydrogen-bond acceptors (Lipinski definition) is 5. The van der Waals surface area contributed by atoms with Gasteiger partial charge in [-0.2, -0.15) is 0 Å². The molecule has 1 aromatic rings. The first-order chi connectivity index (χ1) is 12.1. The first-order valence-electron chi connectivity index (χ1n) is 9.01. The number of ether oxygens (including phenoxy) is 1. The Morgan fingerprint density at radius 1 is 1.30 bits per heavy atom. The zero-order valence-corrected chi connectivity index (χ0v) is 20.7. The summed E-state index contributed by atoms with van der Waals surface area (Å²) in [6.07, 6.45) is 0.504. The molecule has 1 rings (SSSR count). The molecule has 1 heterocycles. The zero-order valence-electron chi connectivity index (χ0n) is 17.5. The maximum Gasteiger partial charge on any atom is 0.410 e. The van der Waals surface area contributed by atoms with Crippen LogP contribution in [0.5, 0.6) is 0 Å². The van der Waals surface area contributed by atoms with Crippen molar-refractivity contribution in [3.05, 3.63) is 15.6 Å². The molecule has 0 fully saturated rings. The van der Waals surface area contributed by atoms with Crippen LogP contribution in [0.2, 0.25) is 0 Å². The van der Waals surface area contributed by atoms with E-state index in [9.17, 15) is 4.79 Å². The number of amides is 1. The molecule has 7 nitrogen and oxygen atoms in total. The molecule has 27 heavy (non-hydrogen) atoms. The molecule has 0 aliphatic carbocycles. The summed E-state index contributed by atoms with van der Waals surface area (Å²) >= 11 is 1.73. The molecule has 0 radical (unpaired) electrons. The maximum atomic E-state index is 11.9. The van der Waals surface area contributed by atoms with E-state index in [0.29, 0.717) is 19.6 Å². The highest BCUT2D eigenvalue weighted by molar-refractivity contribution is 14.0. The number of halogens is 1. The van der Waals surface area contributed by atoms with E-state index < -0.39 is 5.60 Å². The van der Waals surface area contributed by atoms with Gasteiger partial charge in [0.05, 0.1) is 10.7 Å². The van der Waals surface area contributed by atoms with E-state index in [4.69, 9.17) is 4.74 Å². The van der Waals surface area contributed by atoms with Gasteiger partial charge in [-0.3, -0.25) is 4.99 Å². The molecule has 9 heteroatoms. The monoisotopic (exact) mass is 511 g/mol. The lowest BCUT2D eigenvalue weighted by Gasteiger charge is -2.24. The minimum absolute atomic E-state index is 0. The van der Waals surface area contributed by atoms with Crippen LogP contribution in [-0.4, -0.2) is 60.8 Å². The summed E-state index contributed by atoms with van der Waals surface area (Å²) < 4.78 is 5.34. The van der Waals surface area contributed by atoms with Crippen LogP contribution in [0.25, 0.3) is 0 Å². The van der Waals surface area contributed by atoms with Crippen LogP contribution in [-0.2, 0) is 11.2 Å². The van der Waals surface area contributed by atoms with Gasteiger partial charge >= 0.3 is 6.09 Å². The molecular formula is C18H34IN5O2S. The fourth-order valence-corrected chi connectivity index (χ4v) is 2.95. The molecule has 0 saturated carbocycles. The van der Waals surface area contributed by atoms with E-state index in [2.05, 4.69) is 27.5 Å². The summed E-state index contributed by atoms with van der Waals surface area (Å²) in [7, 11) is 1.73. The average Bonchev–Trinajstić information content (AvgIpc) is 2.83. The number of guanidine groups is 1. The lowest BCUT2D eigenvalue weighted by atomic mass is 10.2. The smallest absolute Gasteiger partial charge is 0.410 e. The first-order valence-corrected chi connectivity index (χ1v) is 9.83.